The van der Waals surface area contributed by atoms with Crippen LogP contribution in [-0.4, -0.2) is 62.8 Å². The molecule has 2 aromatic rings. The third-order valence-corrected chi connectivity index (χ3v) is 5.41. The highest BCUT2D eigenvalue weighted by molar-refractivity contribution is 6.10. The summed E-state index contributed by atoms with van der Waals surface area (Å²) in [6.45, 7) is 1.08. The summed E-state index contributed by atoms with van der Waals surface area (Å²) in [4.78, 5) is 30.5. The summed E-state index contributed by atoms with van der Waals surface area (Å²) < 4.78 is 63.4. The van der Waals surface area contributed by atoms with Crippen LogP contribution in [0.3, 0.4) is 0 Å². The Hall–Kier alpha value is -3.96. The molecule has 188 valence electrons. The Kier molecular flexibility index (Phi) is 7.13. The average molecular weight is 495 g/mol. The van der Waals surface area contributed by atoms with Gasteiger partial charge in [0.2, 0.25) is 5.75 Å². The van der Waals surface area contributed by atoms with Crippen molar-refractivity contribution < 1.29 is 41.7 Å². The van der Waals surface area contributed by atoms with Gasteiger partial charge in [0.05, 0.1) is 35.0 Å². The van der Waals surface area contributed by atoms with Crippen LogP contribution in [0.15, 0.2) is 41.4 Å². The summed E-state index contributed by atoms with van der Waals surface area (Å²) in [5, 5.41) is 1.79. The zero-order valence-electron chi connectivity index (χ0n) is 19.6. The SMILES string of the molecule is COc1ccc(CN2C(=O)C(NC(=O)c3cc(OC)c(OC)c(OC)c3)(C(F)(F)F)N=C2C)cc1. The molecule has 0 spiro atoms. The number of hydrogen-bond donors (Lipinski definition) is 1. The molecule has 0 aliphatic carbocycles. The first-order chi connectivity index (χ1) is 16.5. The number of methoxy groups -OCH3 is 4. The monoisotopic (exact) mass is 495 g/mol. The first-order valence-electron chi connectivity index (χ1n) is 10.2. The average Bonchev–Trinajstić information content (AvgIpc) is 3.08. The Morgan fingerprint density at radius 1 is 1.00 bits per heavy atom. The molecule has 1 aliphatic rings. The predicted octanol–water partition coefficient (Wildman–Crippen LogP) is 3.17. The summed E-state index contributed by atoms with van der Waals surface area (Å²) in [6.07, 6.45) is -5.23. The lowest BCUT2D eigenvalue weighted by atomic mass is 10.1. The van der Waals surface area contributed by atoms with Crippen LogP contribution in [0.25, 0.3) is 0 Å². The maximum atomic E-state index is 14.3. The van der Waals surface area contributed by atoms with Crippen molar-refractivity contribution in [2.45, 2.75) is 25.3 Å². The number of hydrogen-bond acceptors (Lipinski definition) is 7. The van der Waals surface area contributed by atoms with E-state index in [-0.39, 0.29) is 35.2 Å². The molecule has 35 heavy (non-hydrogen) atoms. The highest BCUT2D eigenvalue weighted by Gasteiger charge is 2.66. The standard InChI is InChI=1S/C23H24F3N3O6/c1-13-27-22(23(24,25)26,21(31)29(13)12-14-6-8-16(32-2)9-7-14)28-20(30)15-10-17(33-3)19(35-5)18(11-15)34-4/h6-11H,12H2,1-5H3,(H,28,30). The molecule has 1 heterocycles. The molecule has 1 atom stereocenters. The minimum absolute atomic E-state index is 0.0524. The number of halogens is 3. The maximum absolute atomic E-state index is 14.3. The van der Waals surface area contributed by atoms with Crippen molar-refractivity contribution in [3.05, 3.63) is 47.5 Å². The lowest BCUT2D eigenvalue weighted by molar-refractivity contribution is -0.196. The molecule has 0 radical (unpaired) electrons. The second kappa shape index (κ2) is 9.72. The van der Waals surface area contributed by atoms with Crippen molar-refractivity contribution in [2.24, 2.45) is 4.99 Å². The number of ether oxygens (including phenoxy) is 4. The van der Waals surface area contributed by atoms with Crippen molar-refractivity contribution >= 4 is 17.6 Å². The minimum Gasteiger partial charge on any atom is -0.497 e. The molecule has 0 aromatic heterocycles. The van der Waals surface area contributed by atoms with Crippen LogP contribution in [0.5, 0.6) is 23.0 Å². The van der Waals surface area contributed by atoms with Crippen LogP contribution >= 0.6 is 0 Å². The van der Waals surface area contributed by atoms with E-state index < -0.39 is 23.7 Å². The molecule has 12 heteroatoms. The predicted molar refractivity (Wildman–Crippen MR) is 119 cm³/mol. The zero-order valence-corrected chi connectivity index (χ0v) is 19.6. The molecule has 1 unspecified atom stereocenters. The van der Waals surface area contributed by atoms with Gasteiger partial charge in [-0.15, -0.1) is 0 Å². The lowest BCUT2D eigenvalue weighted by Crippen LogP contribution is -2.63. The van der Waals surface area contributed by atoms with Crippen molar-refractivity contribution in [1.29, 1.82) is 0 Å². The number of carbonyl (C=O) groups excluding carboxylic acids is 2. The second-order valence-electron chi connectivity index (χ2n) is 7.47. The number of aliphatic imine (C=N–C) groups is 1. The Morgan fingerprint density at radius 3 is 2.03 bits per heavy atom. The van der Waals surface area contributed by atoms with E-state index in [0.717, 1.165) is 4.90 Å². The Morgan fingerprint density at radius 2 is 1.57 bits per heavy atom. The highest BCUT2D eigenvalue weighted by atomic mass is 19.4. The number of carbonyl (C=O) groups is 2. The molecular weight excluding hydrogens is 471 g/mol. The fraction of sp³-hybridized carbons (Fsp3) is 0.348. The number of rotatable bonds is 8. The van der Waals surface area contributed by atoms with Gasteiger partial charge in [-0.1, -0.05) is 12.1 Å². The van der Waals surface area contributed by atoms with E-state index in [1.807, 2.05) is 0 Å². The molecule has 1 aliphatic heterocycles. The molecule has 0 bridgehead atoms. The van der Waals surface area contributed by atoms with E-state index >= 15 is 0 Å². The quantitative estimate of drug-likeness (QED) is 0.604. The van der Waals surface area contributed by atoms with Crippen molar-refractivity contribution in [3.63, 3.8) is 0 Å². The normalized spacial score (nSPS) is 17.7. The molecule has 9 nitrogen and oxygen atoms in total. The van der Waals surface area contributed by atoms with Gasteiger partial charge in [0.25, 0.3) is 11.8 Å². The third kappa shape index (κ3) is 4.68. The summed E-state index contributed by atoms with van der Waals surface area (Å²) in [5.41, 5.74) is -3.21. The number of nitrogens with zero attached hydrogens (tertiary/aromatic N) is 2. The summed E-state index contributed by atoms with van der Waals surface area (Å²) >= 11 is 0. The van der Waals surface area contributed by atoms with Crippen LogP contribution in [0.2, 0.25) is 0 Å². The molecule has 0 fully saturated rings. The maximum Gasteiger partial charge on any atom is 0.442 e. The van der Waals surface area contributed by atoms with Gasteiger partial charge in [-0.05, 0) is 36.8 Å². The van der Waals surface area contributed by atoms with Gasteiger partial charge in [0.15, 0.2) is 11.5 Å². The Labute approximate surface area is 199 Å². The second-order valence-corrected chi connectivity index (χ2v) is 7.47. The van der Waals surface area contributed by atoms with Crippen molar-refractivity contribution in [3.8, 4) is 23.0 Å². The first-order valence-corrected chi connectivity index (χ1v) is 10.2. The van der Waals surface area contributed by atoms with Crippen LogP contribution in [0, 0.1) is 0 Å². The number of amides is 2. The van der Waals surface area contributed by atoms with Gasteiger partial charge < -0.3 is 24.3 Å². The van der Waals surface area contributed by atoms with Crippen molar-refractivity contribution in [2.75, 3.05) is 28.4 Å². The van der Waals surface area contributed by atoms with Gasteiger partial charge in [0, 0.05) is 5.56 Å². The fourth-order valence-electron chi connectivity index (χ4n) is 3.58. The van der Waals surface area contributed by atoms with Crippen LogP contribution < -0.4 is 24.3 Å². The third-order valence-electron chi connectivity index (χ3n) is 5.41. The molecule has 0 saturated heterocycles. The van der Waals surface area contributed by atoms with E-state index in [9.17, 15) is 22.8 Å². The first kappa shape index (κ1) is 25.7. The van der Waals surface area contributed by atoms with Gasteiger partial charge in [-0.2, -0.15) is 13.2 Å². The van der Waals surface area contributed by atoms with E-state index in [2.05, 4.69) is 4.99 Å². The van der Waals surface area contributed by atoms with Crippen LogP contribution in [0.4, 0.5) is 13.2 Å². The Bertz CT molecular complexity index is 1130. The fourth-order valence-corrected chi connectivity index (χ4v) is 3.58. The minimum atomic E-state index is -5.23. The van der Waals surface area contributed by atoms with E-state index in [4.69, 9.17) is 18.9 Å². The van der Waals surface area contributed by atoms with Crippen LogP contribution in [-0.2, 0) is 11.3 Å². The largest absolute Gasteiger partial charge is 0.497 e. The molecule has 1 N–H and O–H groups in total. The zero-order chi connectivity index (χ0) is 26.0. The van der Waals surface area contributed by atoms with E-state index in [1.54, 1.807) is 29.6 Å². The smallest absolute Gasteiger partial charge is 0.442 e. The molecule has 2 amide bonds. The highest BCUT2D eigenvalue weighted by Crippen LogP contribution is 2.40. The van der Waals surface area contributed by atoms with E-state index in [1.165, 1.54) is 47.5 Å². The lowest BCUT2D eigenvalue weighted by Gasteiger charge is -2.29. The molecule has 0 saturated carbocycles. The van der Waals surface area contributed by atoms with Gasteiger partial charge in [-0.3, -0.25) is 14.5 Å². The topological polar surface area (TPSA) is 98.7 Å². The van der Waals surface area contributed by atoms with Crippen LogP contribution in [0.1, 0.15) is 22.8 Å². The molecule has 3 rings (SSSR count). The summed E-state index contributed by atoms with van der Waals surface area (Å²) in [7, 11) is 5.40. The number of alkyl halides is 3. The molecular formula is C23H24F3N3O6. The van der Waals surface area contributed by atoms with Gasteiger partial charge in [-0.25, -0.2) is 4.99 Å². The van der Waals surface area contributed by atoms with Crippen molar-refractivity contribution in [1.82, 2.24) is 10.2 Å². The van der Waals surface area contributed by atoms with E-state index in [0.29, 0.717) is 11.3 Å². The number of nitrogens with one attached hydrogen (secondary N) is 1. The molecule has 2 aromatic carbocycles. The Balaban J connectivity index is 1.96. The van der Waals surface area contributed by atoms with Gasteiger partial charge >= 0.3 is 11.8 Å². The van der Waals surface area contributed by atoms with Gasteiger partial charge in [0.1, 0.15) is 11.6 Å². The number of amidine groups is 1. The summed E-state index contributed by atoms with van der Waals surface area (Å²) in [5.74, 6) is -2.04. The number of benzene rings is 2. The summed E-state index contributed by atoms with van der Waals surface area (Å²) in [6, 6.07) is 8.80.